The van der Waals surface area contributed by atoms with Gasteiger partial charge in [0, 0.05) is 24.9 Å². The molecule has 0 radical (unpaired) electrons. The smallest absolute Gasteiger partial charge is 0.338 e. The van der Waals surface area contributed by atoms with Crippen LogP contribution in [0.1, 0.15) is 67.4 Å². The van der Waals surface area contributed by atoms with Crippen LogP contribution in [0.4, 0.5) is 0 Å². The van der Waals surface area contributed by atoms with E-state index in [0.717, 1.165) is 47.4 Å². The minimum absolute atomic E-state index is 0.311. The van der Waals surface area contributed by atoms with Gasteiger partial charge < -0.3 is 9.30 Å². The fourth-order valence-corrected chi connectivity index (χ4v) is 7.59. The van der Waals surface area contributed by atoms with E-state index < -0.39 is 10.0 Å². The molecule has 0 unspecified atom stereocenters. The summed E-state index contributed by atoms with van der Waals surface area (Å²) in [5.74, 6) is 0.396. The summed E-state index contributed by atoms with van der Waals surface area (Å²) < 4.78 is 35.2. The van der Waals surface area contributed by atoms with E-state index in [2.05, 4.69) is 4.57 Å². The van der Waals surface area contributed by atoms with Crippen LogP contribution >= 0.6 is 11.8 Å². The quantitative estimate of drug-likeness (QED) is 0.296. The topological polar surface area (TPSA) is 81.5 Å². The van der Waals surface area contributed by atoms with Gasteiger partial charge in [0.05, 0.1) is 28.1 Å². The lowest BCUT2D eigenvalue weighted by atomic mass is 10.1. The number of sulfonamides is 1. The summed E-state index contributed by atoms with van der Waals surface area (Å²) in [6.07, 6.45) is 6.46. The molecule has 0 bridgehead atoms. The van der Waals surface area contributed by atoms with Crippen LogP contribution in [0, 0.1) is 0 Å². The minimum Gasteiger partial charge on any atom is -0.462 e. The number of rotatable bonds is 8. The maximum atomic E-state index is 13.1. The first kappa shape index (κ1) is 24.3. The maximum absolute atomic E-state index is 13.1. The molecule has 1 saturated carbocycles. The second-order valence-corrected chi connectivity index (χ2v) is 12.1. The standard InChI is InChI=1S/C26H31N3O4S2/c1-2-33-25(30)20-11-9-19(10-12-20)18-34-26-27-23-17-22(35(31,32)28-15-5-6-16-28)13-14-24(23)29(26)21-7-3-4-8-21/h9-14,17,21H,2-8,15-16,18H2,1H3. The van der Waals surface area contributed by atoms with Crippen molar-refractivity contribution in [3.05, 3.63) is 53.6 Å². The third-order valence-corrected chi connectivity index (χ3v) is 9.77. The molecular weight excluding hydrogens is 482 g/mol. The zero-order valence-corrected chi connectivity index (χ0v) is 21.6. The number of imidazole rings is 1. The Hall–Kier alpha value is -2.36. The van der Waals surface area contributed by atoms with Gasteiger partial charge >= 0.3 is 5.97 Å². The highest BCUT2D eigenvalue weighted by Crippen LogP contribution is 2.38. The van der Waals surface area contributed by atoms with Gasteiger partial charge in [-0.15, -0.1) is 0 Å². The van der Waals surface area contributed by atoms with Crippen LogP contribution in [0.15, 0.2) is 52.5 Å². The molecule has 2 fully saturated rings. The molecule has 3 aromatic rings. The number of aromatic nitrogens is 2. The van der Waals surface area contributed by atoms with Crippen LogP contribution in [0.5, 0.6) is 0 Å². The summed E-state index contributed by atoms with van der Waals surface area (Å²) in [6, 6.07) is 13.3. The van der Waals surface area contributed by atoms with E-state index in [9.17, 15) is 13.2 Å². The van der Waals surface area contributed by atoms with E-state index >= 15 is 0 Å². The average molecular weight is 514 g/mol. The van der Waals surface area contributed by atoms with Crippen LogP contribution in [0.2, 0.25) is 0 Å². The predicted molar refractivity (Wildman–Crippen MR) is 137 cm³/mol. The molecular formula is C26H31N3O4S2. The van der Waals surface area contributed by atoms with Crippen molar-refractivity contribution in [2.75, 3.05) is 19.7 Å². The Balaban J connectivity index is 1.42. The van der Waals surface area contributed by atoms with E-state index in [1.54, 1.807) is 47.3 Å². The normalized spacial score (nSPS) is 17.4. The van der Waals surface area contributed by atoms with E-state index in [0.29, 0.717) is 42.0 Å². The largest absolute Gasteiger partial charge is 0.462 e. The molecule has 2 heterocycles. The number of hydrogen-bond donors (Lipinski definition) is 0. The number of fused-ring (bicyclic) bond motifs is 1. The molecule has 7 nitrogen and oxygen atoms in total. The van der Waals surface area contributed by atoms with Gasteiger partial charge in [0.2, 0.25) is 10.0 Å². The van der Waals surface area contributed by atoms with E-state index in [1.807, 2.05) is 18.2 Å². The highest BCUT2D eigenvalue weighted by atomic mass is 32.2. The Labute approximate surface area is 210 Å². The molecule has 9 heteroatoms. The maximum Gasteiger partial charge on any atom is 0.338 e. The number of carbonyl (C=O) groups excluding carboxylic acids is 1. The van der Waals surface area contributed by atoms with Crippen molar-refractivity contribution in [2.45, 2.75) is 67.3 Å². The Morgan fingerprint density at radius 2 is 1.77 bits per heavy atom. The highest BCUT2D eigenvalue weighted by Gasteiger charge is 2.29. The molecule has 1 aliphatic heterocycles. The number of hydrogen-bond acceptors (Lipinski definition) is 6. The molecule has 35 heavy (non-hydrogen) atoms. The van der Waals surface area contributed by atoms with Crippen molar-refractivity contribution in [2.24, 2.45) is 0 Å². The number of thioether (sulfide) groups is 1. The summed E-state index contributed by atoms with van der Waals surface area (Å²) in [6.45, 7) is 3.33. The second kappa shape index (κ2) is 10.3. The average Bonchev–Trinajstić information content (AvgIpc) is 3.63. The summed E-state index contributed by atoms with van der Waals surface area (Å²) in [5.41, 5.74) is 3.37. The first-order valence-electron chi connectivity index (χ1n) is 12.4. The first-order chi connectivity index (χ1) is 17.0. The Kier molecular flexibility index (Phi) is 7.18. The number of carbonyl (C=O) groups is 1. The molecule has 0 amide bonds. The summed E-state index contributed by atoms with van der Waals surface area (Å²) >= 11 is 1.65. The van der Waals surface area contributed by atoms with Crippen molar-refractivity contribution in [3.63, 3.8) is 0 Å². The molecule has 0 atom stereocenters. The number of nitrogens with zero attached hydrogens (tertiary/aromatic N) is 3. The van der Waals surface area contributed by atoms with Crippen molar-refractivity contribution < 1.29 is 17.9 Å². The second-order valence-electron chi connectivity index (χ2n) is 9.17. The third kappa shape index (κ3) is 4.99. The van der Waals surface area contributed by atoms with Crippen LogP contribution in [0.25, 0.3) is 11.0 Å². The van der Waals surface area contributed by atoms with Crippen LogP contribution < -0.4 is 0 Å². The Bertz CT molecular complexity index is 1310. The summed E-state index contributed by atoms with van der Waals surface area (Å²) in [4.78, 5) is 17.2. The van der Waals surface area contributed by atoms with Crippen LogP contribution in [-0.4, -0.2) is 47.9 Å². The minimum atomic E-state index is -3.48. The number of ether oxygens (including phenoxy) is 1. The van der Waals surface area contributed by atoms with Gasteiger partial charge in [-0.3, -0.25) is 0 Å². The highest BCUT2D eigenvalue weighted by molar-refractivity contribution is 7.98. The fraction of sp³-hybridized carbons (Fsp3) is 0.462. The SMILES string of the molecule is CCOC(=O)c1ccc(CSc2nc3cc(S(=O)(=O)N4CCCC4)ccc3n2C2CCCC2)cc1. The zero-order chi connectivity index (χ0) is 24.4. The van der Waals surface area contributed by atoms with E-state index in [1.165, 1.54) is 12.8 Å². The third-order valence-electron chi connectivity index (χ3n) is 6.85. The molecule has 2 aliphatic rings. The monoisotopic (exact) mass is 513 g/mol. The lowest BCUT2D eigenvalue weighted by Crippen LogP contribution is -2.27. The van der Waals surface area contributed by atoms with Gasteiger partial charge in [0.1, 0.15) is 0 Å². The molecule has 186 valence electrons. The molecule has 1 aliphatic carbocycles. The zero-order valence-electron chi connectivity index (χ0n) is 20.0. The van der Waals surface area contributed by atoms with Crippen LogP contribution in [-0.2, 0) is 20.5 Å². The predicted octanol–water partition coefficient (Wildman–Crippen LogP) is 5.40. The first-order valence-corrected chi connectivity index (χ1v) is 14.8. The number of esters is 1. The van der Waals surface area contributed by atoms with Crippen molar-refractivity contribution in [1.29, 1.82) is 0 Å². The molecule has 1 saturated heterocycles. The summed E-state index contributed by atoms with van der Waals surface area (Å²) in [5, 5.41) is 0.914. The lowest BCUT2D eigenvalue weighted by Gasteiger charge is -2.17. The van der Waals surface area contributed by atoms with Crippen molar-refractivity contribution in [3.8, 4) is 0 Å². The van der Waals surface area contributed by atoms with Gasteiger partial charge in [0.15, 0.2) is 5.16 Å². The van der Waals surface area contributed by atoms with Gasteiger partial charge in [-0.25, -0.2) is 18.2 Å². The lowest BCUT2D eigenvalue weighted by molar-refractivity contribution is 0.0526. The Morgan fingerprint density at radius 1 is 1.06 bits per heavy atom. The molecule has 0 N–H and O–H groups in total. The van der Waals surface area contributed by atoms with Gasteiger partial charge in [-0.05, 0) is 68.5 Å². The van der Waals surface area contributed by atoms with E-state index in [4.69, 9.17) is 9.72 Å². The van der Waals surface area contributed by atoms with Gasteiger partial charge in [0.25, 0.3) is 0 Å². The fourth-order valence-electron chi connectivity index (χ4n) is 5.01. The number of benzene rings is 2. The van der Waals surface area contributed by atoms with Crippen molar-refractivity contribution in [1.82, 2.24) is 13.9 Å². The molecule has 2 aromatic carbocycles. The van der Waals surface area contributed by atoms with Gasteiger partial charge in [-0.2, -0.15) is 4.31 Å². The van der Waals surface area contributed by atoms with Crippen molar-refractivity contribution >= 4 is 38.8 Å². The van der Waals surface area contributed by atoms with Crippen LogP contribution in [0.3, 0.4) is 0 Å². The molecule has 5 rings (SSSR count). The van der Waals surface area contributed by atoms with Gasteiger partial charge in [-0.1, -0.05) is 36.7 Å². The summed E-state index contributed by atoms with van der Waals surface area (Å²) in [7, 11) is -3.48. The Morgan fingerprint density at radius 3 is 2.46 bits per heavy atom. The van der Waals surface area contributed by atoms with E-state index in [-0.39, 0.29) is 5.97 Å². The molecule has 0 spiro atoms. The molecule has 1 aromatic heterocycles.